The van der Waals surface area contributed by atoms with Crippen molar-refractivity contribution in [3.8, 4) is 0 Å². The largest absolute Gasteiger partial charge is 0.469 e. The van der Waals surface area contributed by atoms with E-state index in [-0.39, 0.29) is 5.97 Å². The van der Waals surface area contributed by atoms with Crippen molar-refractivity contribution in [1.82, 2.24) is 0 Å². The third kappa shape index (κ3) is 15.3. The van der Waals surface area contributed by atoms with Gasteiger partial charge >= 0.3 is 5.97 Å². The molecule has 3 nitrogen and oxygen atoms in total. The molecule has 0 fully saturated rings. The summed E-state index contributed by atoms with van der Waals surface area (Å²) in [7, 11) is 1.44. The highest BCUT2D eigenvalue weighted by molar-refractivity contribution is 5.79. The van der Waals surface area contributed by atoms with Crippen LogP contribution in [0.3, 0.4) is 0 Å². The van der Waals surface area contributed by atoms with Gasteiger partial charge in [-0.2, -0.15) is 0 Å². The normalized spacial score (nSPS) is 11.0. The van der Waals surface area contributed by atoms with E-state index in [1.54, 1.807) is 0 Å². The number of rotatable bonds is 15. The molecule has 0 aliphatic carbocycles. The molecule has 0 bridgehead atoms. The number of carbonyl (C=O) groups excluding carboxylic acids is 2. The summed E-state index contributed by atoms with van der Waals surface area (Å²) in [6.45, 7) is 2.18. The van der Waals surface area contributed by atoms with Crippen LogP contribution in [-0.4, -0.2) is 18.9 Å². The molecule has 0 saturated heterocycles. The fourth-order valence-electron chi connectivity index (χ4n) is 2.35. The Morgan fingerprint density at radius 2 is 1.45 bits per heavy atom. The second-order valence-electron chi connectivity index (χ2n) is 5.91. The van der Waals surface area contributed by atoms with Gasteiger partial charge in [0.2, 0.25) is 0 Å². The van der Waals surface area contributed by atoms with Crippen LogP contribution in [0.1, 0.15) is 90.4 Å². The molecule has 0 spiro atoms. The quantitative estimate of drug-likeness (QED) is 0.232. The molecule has 0 radical (unpaired) electrons. The number of unbranched alkanes of at least 4 members (excludes halogenated alkanes) is 8. The van der Waals surface area contributed by atoms with Crippen molar-refractivity contribution in [2.45, 2.75) is 90.4 Å². The molecule has 0 aromatic carbocycles. The minimum atomic E-state index is -0.109. The lowest BCUT2D eigenvalue weighted by atomic mass is 10.1. The zero-order chi connectivity index (χ0) is 16.5. The lowest BCUT2D eigenvalue weighted by Crippen LogP contribution is -1.99. The van der Waals surface area contributed by atoms with Gasteiger partial charge in [0.25, 0.3) is 0 Å². The highest BCUT2D eigenvalue weighted by Gasteiger charge is 1.99. The van der Waals surface area contributed by atoms with Crippen molar-refractivity contribution in [3.05, 3.63) is 12.2 Å². The zero-order valence-electron chi connectivity index (χ0n) is 14.6. The van der Waals surface area contributed by atoms with Crippen LogP contribution in [0.5, 0.6) is 0 Å². The summed E-state index contributed by atoms with van der Waals surface area (Å²) in [6.07, 6.45) is 17.3. The summed E-state index contributed by atoms with van der Waals surface area (Å²) in [4.78, 5) is 22.5. The molecule has 22 heavy (non-hydrogen) atoms. The average Bonchev–Trinajstić information content (AvgIpc) is 2.53. The first-order chi connectivity index (χ1) is 10.7. The summed E-state index contributed by atoms with van der Waals surface area (Å²) in [5.41, 5.74) is 0. The number of ketones is 1. The van der Waals surface area contributed by atoms with Crippen molar-refractivity contribution in [2.75, 3.05) is 7.11 Å². The summed E-state index contributed by atoms with van der Waals surface area (Å²) in [5, 5.41) is 0. The summed E-state index contributed by atoms with van der Waals surface area (Å²) >= 11 is 0. The fraction of sp³-hybridized carbons (Fsp3) is 0.789. The SMILES string of the molecule is CCCCCCC(=O)CC=CCCCCCCCC(=O)OC. The van der Waals surface area contributed by atoms with Crippen LogP contribution in [-0.2, 0) is 14.3 Å². The maximum atomic E-state index is 11.6. The lowest BCUT2D eigenvalue weighted by Gasteiger charge is -2.00. The van der Waals surface area contributed by atoms with Crippen molar-refractivity contribution < 1.29 is 14.3 Å². The number of carbonyl (C=O) groups is 2. The number of esters is 1. The maximum Gasteiger partial charge on any atom is 0.305 e. The highest BCUT2D eigenvalue weighted by Crippen LogP contribution is 2.09. The third-order valence-corrected chi connectivity index (χ3v) is 3.80. The lowest BCUT2D eigenvalue weighted by molar-refractivity contribution is -0.140. The molecule has 128 valence electrons. The molecule has 0 N–H and O–H groups in total. The van der Waals surface area contributed by atoms with Crippen LogP contribution >= 0.6 is 0 Å². The fourth-order valence-corrected chi connectivity index (χ4v) is 2.35. The monoisotopic (exact) mass is 310 g/mol. The molecule has 0 aliphatic rings. The van der Waals surface area contributed by atoms with Crippen LogP contribution in [0.4, 0.5) is 0 Å². The molecular weight excluding hydrogens is 276 g/mol. The summed E-state index contributed by atoms with van der Waals surface area (Å²) in [5.74, 6) is 0.262. The van der Waals surface area contributed by atoms with Crippen molar-refractivity contribution in [3.63, 3.8) is 0 Å². The van der Waals surface area contributed by atoms with Gasteiger partial charge in [-0.15, -0.1) is 0 Å². The molecule has 0 saturated carbocycles. The van der Waals surface area contributed by atoms with Gasteiger partial charge < -0.3 is 4.74 Å². The topological polar surface area (TPSA) is 43.4 Å². The summed E-state index contributed by atoms with van der Waals surface area (Å²) < 4.78 is 4.60. The van der Waals surface area contributed by atoms with Gasteiger partial charge in [-0.05, 0) is 25.7 Å². The van der Waals surface area contributed by atoms with Crippen molar-refractivity contribution in [1.29, 1.82) is 0 Å². The first-order valence-corrected chi connectivity index (χ1v) is 8.94. The van der Waals surface area contributed by atoms with Crippen LogP contribution in [0, 0.1) is 0 Å². The number of allylic oxidation sites excluding steroid dienone is 2. The van der Waals surface area contributed by atoms with E-state index >= 15 is 0 Å². The Kier molecular flexibility index (Phi) is 15.4. The first-order valence-electron chi connectivity index (χ1n) is 8.94. The molecule has 0 aromatic rings. The van der Waals surface area contributed by atoms with Gasteiger partial charge in [0, 0.05) is 19.3 Å². The van der Waals surface area contributed by atoms with Gasteiger partial charge in [-0.1, -0.05) is 57.6 Å². The predicted octanol–water partition coefficient (Wildman–Crippen LogP) is 5.38. The molecule has 0 rings (SSSR count). The Hall–Kier alpha value is -1.12. The van der Waals surface area contributed by atoms with E-state index in [9.17, 15) is 9.59 Å². The maximum absolute atomic E-state index is 11.6. The van der Waals surface area contributed by atoms with E-state index in [0.717, 1.165) is 32.1 Å². The Morgan fingerprint density at radius 3 is 2.18 bits per heavy atom. The number of hydrogen-bond acceptors (Lipinski definition) is 3. The van der Waals surface area contributed by atoms with Crippen molar-refractivity contribution >= 4 is 11.8 Å². The van der Waals surface area contributed by atoms with Crippen LogP contribution in [0.2, 0.25) is 0 Å². The van der Waals surface area contributed by atoms with Crippen LogP contribution in [0.25, 0.3) is 0 Å². The molecule has 0 atom stereocenters. The van der Waals surface area contributed by atoms with Gasteiger partial charge in [0.1, 0.15) is 5.78 Å². The zero-order valence-corrected chi connectivity index (χ0v) is 14.6. The van der Waals surface area contributed by atoms with E-state index < -0.39 is 0 Å². The molecule has 0 heterocycles. The standard InChI is InChI=1S/C19H34O3/c1-3-4-5-12-15-18(20)16-13-10-8-6-7-9-11-14-17-19(21)22-2/h10,13H,3-9,11-12,14-17H2,1-2H3. The smallest absolute Gasteiger partial charge is 0.305 e. The second kappa shape index (κ2) is 16.3. The molecular formula is C19H34O3. The minimum Gasteiger partial charge on any atom is -0.469 e. The number of methoxy groups -OCH3 is 1. The second-order valence-corrected chi connectivity index (χ2v) is 5.91. The Bertz CT molecular complexity index is 308. The highest BCUT2D eigenvalue weighted by atomic mass is 16.5. The van der Waals surface area contributed by atoms with Gasteiger partial charge in [0.05, 0.1) is 7.11 Å². The first kappa shape index (κ1) is 20.9. The van der Waals surface area contributed by atoms with Crippen LogP contribution < -0.4 is 0 Å². The van der Waals surface area contributed by atoms with E-state index in [1.165, 1.54) is 45.6 Å². The summed E-state index contributed by atoms with van der Waals surface area (Å²) in [6, 6.07) is 0. The average molecular weight is 310 g/mol. The van der Waals surface area contributed by atoms with Crippen molar-refractivity contribution in [2.24, 2.45) is 0 Å². The van der Waals surface area contributed by atoms with Gasteiger partial charge in [0.15, 0.2) is 0 Å². The number of hydrogen-bond donors (Lipinski definition) is 0. The molecule has 0 aliphatic heterocycles. The Labute approximate surface area is 136 Å². The molecule has 0 amide bonds. The number of ether oxygens (including phenoxy) is 1. The molecule has 0 aromatic heterocycles. The molecule has 0 unspecified atom stereocenters. The van der Waals surface area contributed by atoms with Crippen LogP contribution in [0.15, 0.2) is 12.2 Å². The number of Topliss-reactive ketones (excluding diaryl/α,β-unsaturated/α-hetero) is 1. The Balaban J connectivity index is 3.29. The third-order valence-electron chi connectivity index (χ3n) is 3.80. The van der Waals surface area contributed by atoms with E-state index in [4.69, 9.17) is 0 Å². The van der Waals surface area contributed by atoms with Gasteiger partial charge in [-0.3, -0.25) is 9.59 Å². The molecule has 3 heteroatoms. The van der Waals surface area contributed by atoms with E-state index in [2.05, 4.69) is 17.7 Å². The predicted molar refractivity (Wildman–Crippen MR) is 91.9 cm³/mol. The minimum absolute atomic E-state index is 0.109. The van der Waals surface area contributed by atoms with E-state index in [1.807, 2.05) is 6.08 Å². The van der Waals surface area contributed by atoms with E-state index in [0.29, 0.717) is 18.6 Å². The van der Waals surface area contributed by atoms with Gasteiger partial charge in [-0.25, -0.2) is 0 Å². The Morgan fingerprint density at radius 1 is 0.818 bits per heavy atom.